The Labute approximate surface area is 122 Å². The molecule has 1 aliphatic rings. The summed E-state index contributed by atoms with van der Waals surface area (Å²) in [6, 6.07) is 1.93. The molecule has 4 nitrogen and oxygen atoms in total. The predicted molar refractivity (Wildman–Crippen MR) is 80.5 cm³/mol. The zero-order chi connectivity index (χ0) is 15.1. The van der Waals surface area contributed by atoms with Crippen LogP contribution in [0, 0.1) is 6.92 Å². The van der Waals surface area contributed by atoms with Gasteiger partial charge in [0.05, 0.1) is 17.3 Å². The smallest absolute Gasteiger partial charge is 0.475 e. The normalized spacial score (nSPS) is 20.5. The standard InChI is InChI=1S/C15H24BNO3/c1-10(2)18-13-8-11(3)12(9-17-13)16-19-14(4,5)15(6,7)20-16/h8-10H,1-7H3. The molecule has 2 rings (SSSR count). The molecule has 1 aliphatic heterocycles. The Morgan fingerprint density at radius 1 is 1.15 bits per heavy atom. The minimum Gasteiger partial charge on any atom is -0.475 e. The third-order valence-corrected chi connectivity index (χ3v) is 3.99. The molecule has 0 aromatic carbocycles. The van der Waals surface area contributed by atoms with Crippen molar-refractivity contribution in [3.05, 3.63) is 17.8 Å². The summed E-state index contributed by atoms with van der Waals surface area (Å²) in [7, 11) is -0.374. The first-order valence-electron chi connectivity index (χ1n) is 7.11. The van der Waals surface area contributed by atoms with E-state index in [2.05, 4.69) is 4.98 Å². The van der Waals surface area contributed by atoms with Gasteiger partial charge in [-0.05, 0) is 54.0 Å². The Hall–Kier alpha value is -1.07. The minimum absolute atomic E-state index is 0.115. The van der Waals surface area contributed by atoms with Gasteiger partial charge in [-0.3, -0.25) is 0 Å². The number of aromatic nitrogens is 1. The van der Waals surface area contributed by atoms with Gasteiger partial charge in [0.15, 0.2) is 0 Å². The Balaban J connectivity index is 2.23. The molecule has 0 spiro atoms. The molecule has 5 heteroatoms. The zero-order valence-corrected chi connectivity index (χ0v) is 13.5. The molecule has 1 fully saturated rings. The first kappa shape index (κ1) is 15.3. The molecule has 1 aromatic rings. The molecule has 1 aromatic heterocycles. The van der Waals surface area contributed by atoms with Crippen LogP contribution in [-0.4, -0.2) is 29.4 Å². The van der Waals surface area contributed by atoms with E-state index in [0.717, 1.165) is 11.0 Å². The van der Waals surface area contributed by atoms with E-state index in [4.69, 9.17) is 14.0 Å². The van der Waals surface area contributed by atoms with Gasteiger partial charge in [-0.2, -0.15) is 0 Å². The summed E-state index contributed by atoms with van der Waals surface area (Å²) in [5.74, 6) is 0.637. The first-order chi connectivity index (χ1) is 9.12. The molecule has 0 amide bonds. The van der Waals surface area contributed by atoms with Crippen molar-refractivity contribution in [1.29, 1.82) is 0 Å². The molecular weight excluding hydrogens is 253 g/mol. The van der Waals surface area contributed by atoms with Crippen molar-refractivity contribution in [1.82, 2.24) is 4.98 Å². The average molecular weight is 277 g/mol. The monoisotopic (exact) mass is 277 g/mol. The van der Waals surface area contributed by atoms with E-state index in [1.807, 2.05) is 54.5 Å². The average Bonchev–Trinajstić information content (AvgIpc) is 2.46. The van der Waals surface area contributed by atoms with Crippen molar-refractivity contribution >= 4 is 12.6 Å². The highest BCUT2D eigenvalue weighted by Crippen LogP contribution is 2.36. The van der Waals surface area contributed by atoms with E-state index in [-0.39, 0.29) is 24.4 Å². The SMILES string of the molecule is Cc1cc(OC(C)C)ncc1B1OC(C)(C)C(C)(C)O1. The maximum Gasteiger partial charge on any atom is 0.496 e. The molecule has 1 saturated heterocycles. The van der Waals surface area contributed by atoms with Gasteiger partial charge in [0, 0.05) is 17.7 Å². The summed E-state index contributed by atoms with van der Waals surface area (Å²) in [6.07, 6.45) is 1.90. The van der Waals surface area contributed by atoms with Gasteiger partial charge in [-0.1, -0.05) is 0 Å². The first-order valence-corrected chi connectivity index (χ1v) is 7.11. The molecule has 0 unspecified atom stereocenters. The van der Waals surface area contributed by atoms with Gasteiger partial charge in [0.2, 0.25) is 5.88 Å². The maximum atomic E-state index is 6.05. The van der Waals surface area contributed by atoms with Crippen LogP contribution in [0.4, 0.5) is 0 Å². The molecule has 20 heavy (non-hydrogen) atoms. The van der Waals surface area contributed by atoms with E-state index in [9.17, 15) is 0 Å². The molecular formula is C15H24BNO3. The minimum atomic E-state index is -0.374. The quantitative estimate of drug-likeness (QED) is 0.796. The van der Waals surface area contributed by atoms with Crippen LogP contribution in [0.15, 0.2) is 12.3 Å². The van der Waals surface area contributed by atoms with Crippen molar-refractivity contribution in [3.63, 3.8) is 0 Å². The Morgan fingerprint density at radius 3 is 2.15 bits per heavy atom. The summed E-state index contributed by atoms with van der Waals surface area (Å²) in [5.41, 5.74) is 1.35. The van der Waals surface area contributed by atoms with Gasteiger partial charge in [0.1, 0.15) is 0 Å². The summed E-state index contributed by atoms with van der Waals surface area (Å²) in [6.45, 7) is 14.2. The topological polar surface area (TPSA) is 40.6 Å². The van der Waals surface area contributed by atoms with E-state index in [1.54, 1.807) is 6.20 Å². The number of hydrogen-bond acceptors (Lipinski definition) is 4. The second-order valence-electron chi connectivity index (χ2n) is 6.63. The van der Waals surface area contributed by atoms with Crippen LogP contribution in [0.25, 0.3) is 0 Å². The molecule has 0 bridgehead atoms. The number of ether oxygens (including phenoxy) is 1. The van der Waals surface area contributed by atoms with Gasteiger partial charge >= 0.3 is 7.12 Å². The summed E-state index contributed by atoms with van der Waals surface area (Å²) in [5, 5.41) is 0. The van der Waals surface area contributed by atoms with E-state index >= 15 is 0 Å². The van der Waals surface area contributed by atoms with Crippen LogP contribution in [0.3, 0.4) is 0 Å². The number of rotatable bonds is 3. The summed E-state index contributed by atoms with van der Waals surface area (Å²) < 4.78 is 17.7. The second-order valence-corrected chi connectivity index (χ2v) is 6.63. The molecule has 0 atom stereocenters. The molecule has 0 aliphatic carbocycles. The van der Waals surface area contributed by atoms with Crippen LogP contribution in [0.2, 0.25) is 0 Å². The van der Waals surface area contributed by atoms with Crippen LogP contribution in [-0.2, 0) is 9.31 Å². The van der Waals surface area contributed by atoms with E-state index < -0.39 is 0 Å². The fraction of sp³-hybridized carbons (Fsp3) is 0.667. The van der Waals surface area contributed by atoms with Gasteiger partial charge < -0.3 is 14.0 Å². The summed E-state index contributed by atoms with van der Waals surface area (Å²) >= 11 is 0. The fourth-order valence-electron chi connectivity index (χ4n) is 2.06. The van der Waals surface area contributed by atoms with Gasteiger partial charge in [-0.25, -0.2) is 4.98 Å². The van der Waals surface area contributed by atoms with Crippen molar-refractivity contribution in [2.45, 2.75) is 65.8 Å². The lowest BCUT2D eigenvalue weighted by atomic mass is 9.77. The Morgan fingerprint density at radius 2 is 1.70 bits per heavy atom. The molecule has 0 radical (unpaired) electrons. The third-order valence-electron chi connectivity index (χ3n) is 3.99. The molecule has 0 saturated carbocycles. The molecule has 0 N–H and O–H groups in total. The largest absolute Gasteiger partial charge is 0.496 e. The zero-order valence-electron chi connectivity index (χ0n) is 13.5. The Kier molecular flexibility index (Phi) is 3.86. The number of pyridine rings is 1. The van der Waals surface area contributed by atoms with E-state index in [1.165, 1.54) is 0 Å². The fourth-order valence-corrected chi connectivity index (χ4v) is 2.06. The lowest BCUT2D eigenvalue weighted by Crippen LogP contribution is -2.41. The highest BCUT2D eigenvalue weighted by molar-refractivity contribution is 6.62. The van der Waals surface area contributed by atoms with Gasteiger partial charge in [0.25, 0.3) is 0 Å². The third kappa shape index (κ3) is 2.84. The predicted octanol–water partition coefficient (Wildman–Crippen LogP) is 2.48. The van der Waals surface area contributed by atoms with Crippen LogP contribution in [0.1, 0.15) is 47.1 Å². The van der Waals surface area contributed by atoms with Gasteiger partial charge in [-0.15, -0.1) is 0 Å². The Bertz CT molecular complexity index is 484. The lowest BCUT2D eigenvalue weighted by Gasteiger charge is -2.32. The molecule has 2 heterocycles. The number of aryl methyl sites for hydroxylation is 1. The van der Waals surface area contributed by atoms with Crippen LogP contribution < -0.4 is 10.2 Å². The number of hydrogen-bond donors (Lipinski definition) is 0. The molecule has 110 valence electrons. The summed E-state index contributed by atoms with van der Waals surface area (Å²) in [4.78, 5) is 4.34. The van der Waals surface area contributed by atoms with Crippen molar-refractivity contribution < 1.29 is 14.0 Å². The highest BCUT2D eigenvalue weighted by atomic mass is 16.7. The lowest BCUT2D eigenvalue weighted by molar-refractivity contribution is 0.00578. The van der Waals surface area contributed by atoms with Crippen LogP contribution in [0.5, 0.6) is 5.88 Å². The van der Waals surface area contributed by atoms with Crippen molar-refractivity contribution in [2.75, 3.05) is 0 Å². The second kappa shape index (κ2) is 5.04. The maximum absolute atomic E-state index is 6.05. The number of nitrogens with zero attached hydrogens (tertiary/aromatic N) is 1. The highest BCUT2D eigenvalue weighted by Gasteiger charge is 2.52. The van der Waals surface area contributed by atoms with E-state index in [0.29, 0.717) is 5.88 Å². The van der Waals surface area contributed by atoms with Crippen LogP contribution >= 0.6 is 0 Å². The van der Waals surface area contributed by atoms with Crippen molar-refractivity contribution in [2.24, 2.45) is 0 Å². The van der Waals surface area contributed by atoms with Crippen molar-refractivity contribution in [3.8, 4) is 5.88 Å².